The van der Waals surface area contributed by atoms with E-state index in [9.17, 15) is 4.79 Å². The van der Waals surface area contributed by atoms with Gasteiger partial charge in [-0.05, 0) is 43.7 Å². The third-order valence-corrected chi connectivity index (χ3v) is 5.29. The van der Waals surface area contributed by atoms with Gasteiger partial charge < -0.3 is 11.1 Å². The fourth-order valence-electron chi connectivity index (χ4n) is 4.00. The second-order valence-electron chi connectivity index (χ2n) is 7.19. The Morgan fingerprint density at radius 3 is 2.56 bits per heavy atom. The van der Waals surface area contributed by atoms with E-state index in [0.717, 1.165) is 45.3 Å². The van der Waals surface area contributed by atoms with Gasteiger partial charge in [-0.1, -0.05) is 36.8 Å². The lowest BCUT2D eigenvalue weighted by Gasteiger charge is -2.33. The van der Waals surface area contributed by atoms with Crippen molar-refractivity contribution in [2.45, 2.75) is 57.2 Å². The van der Waals surface area contributed by atoms with Crippen molar-refractivity contribution in [3.63, 3.8) is 0 Å². The monoisotopic (exact) mass is 387 g/mol. The Hall–Kier alpha value is -0.810. The molecule has 1 aromatic rings. The molecule has 2 fully saturated rings. The topological polar surface area (TPSA) is 58.4 Å². The summed E-state index contributed by atoms with van der Waals surface area (Å²) in [6, 6.07) is 11.1. The van der Waals surface area contributed by atoms with Crippen LogP contribution in [0.5, 0.6) is 0 Å². The zero-order valence-electron chi connectivity index (χ0n) is 14.7. The van der Waals surface area contributed by atoms with Gasteiger partial charge in [0.25, 0.3) is 0 Å². The maximum Gasteiger partial charge on any atom is 0.220 e. The van der Waals surface area contributed by atoms with Crippen molar-refractivity contribution in [1.29, 1.82) is 0 Å². The molecule has 4 nitrogen and oxygen atoms in total. The van der Waals surface area contributed by atoms with Crippen LogP contribution < -0.4 is 11.1 Å². The van der Waals surface area contributed by atoms with Crippen LogP contribution in [-0.4, -0.2) is 36.0 Å². The third-order valence-electron chi connectivity index (χ3n) is 5.29. The van der Waals surface area contributed by atoms with Crippen molar-refractivity contribution in [2.75, 3.05) is 13.1 Å². The maximum atomic E-state index is 12.3. The highest BCUT2D eigenvalue weighted by Gasteiger charge is 2.27. The van der Waals surface area contributed by atoms with Crippen molar-refractivity contribution >= 4 is 30.7 Å². The fraction of sp³-hybridized carbons (Fsp3) is 0.632. The van der Waals surface area contributed by atoms with Crippen LogP contribution in [0, 0.1) is 5.92 Å². The number of carbonyl (C=O) groups excluding carboxylic acids is 1. The molecule has 3 N–H and O–H groups in total. The summed E-state index contributed by atoms with van der Waals surface area (Å²) >= 11 is 0. The van der Waals surface area contributed by atoms with Crippen LogP contribution in [0.25, 0.3) is 0 Å². The van der Waals surface area contributed by atoms with Gasteiger partial charge in [-0.2, -0.15) is 0 Å². The minimum Gasteiger partial charge on any atom is -0.352 e. The third kappa shape index (κ3) is 6.78. The number of rotatable bonds is 5. The number of nitrogens with zero attached hydrogens (tertiary/aromatic N) is 1. The van der Waals surface area contributed by atoms with E-state index in [-0.39, 0.29) is 42.8 Å². The predicted octanol–water partition coefficient (Wildman–Crippen LogP) is 3.13. The molecule has 3 rings (SSSR count). The fourth-order valence-corrected chi connectivity index (χ4v) is 4.00. The number of hydrogen-bond acceptors (Lipinski definition) is 3. The smallest absolute Gasteiger partial charge is 0.220 e. The molecule has 6 heteroatoms. The lowest BCUT2D eigenvalue weighted by atomic mass is 9.99. The molecule has 1 aliphatic heterocycles. The molecule has 0 radical (unpaired) electrons. The van der Waals surface area contributed by atoms with Crippen molar-refractivity contribution in [2.24, 2.45) is 11.7 Å². The number of likely N-dealkylation sites (tertiary alicyclic amines) is 1. The molecule has 1 saturated carbocycles. The molecule has 0 spiro atoms. The number of hydrogen-bond donors (Lipinski definition) is 2. The van der Waals surface area contributed by atoms with Crippen LogP contribution in [0.3, 0.4) is 0 Å². The first-order valence-corrected chi connectivity index (χ1v) is 9.02. The molecule has 25 heavy (non-hydrogen) atoms. The summed E-state index contributed by atoms with van der Waals surface area (Å²) in [5.74, 6) is 0.581. The van der Waals surface area contributed by atoms with Crippen molar-refractivity contribution in [3.8, 4) is 0 Å². The van der Waals surface area contributed by atoms with E-state index in [0.29, 0.717) is 12.3 Å². The summed E-state index contributed by atoms with van der Waals surface area (Å²) in [5.41, 5.74) is 7.42. The van der Waals surface area contributed by atoms with E-state index in [1.54, 1.807) is 0 Å². The van der Waals surface area contributed by atoms with Crippen molar-refractivity contribution < 1.29 is 4.79 Å². The Bertz CT molecular complexity index is 515. The van der Waals surface area contributed by atoms with Crippen molar-refractivity contribution in [3.05, 3.63) is 35.9 Å². The molecule has 1 saturated heterocycles. The summed E-state index contributed by atoms with van der Waals surface area (Å²) in [4.78, 5) is 14.7. The van der Waals surface area contributed by atoms with Gasteiger partial charge in [-0.3, -0.25) is 9.69 Å². The molecule has 2 aliphatic rings. The van der Waals surface area contributed by atoms with Crippen LogP contribution >= 0.6 is 24.8 Å². The van der Waals surface area contributed by atoms with Crippen LogP contribution in [0.4, 0.5) is 0 Å². The zero-order chi connectivity index (χ0) is 16.1. The van der Waals surface area contributed by atoms with Gasteiger partial charge in [-0.25, -0.2) is 0 Å². The number of carbonyl (C=O) groups is 1. The average molecular weight is 388 g/mol. The van der Waals surface area contributed by atoms with Gasteiger partial charge in [-0.15, -0.1) is 24.8 Å². The van der Waals surface area contributed by atoms with Gasteiger partial charge in [0.15, 0.2) is 0 Å². The predicted molar refractivity (Wildman–Crippen MR) is 107 cm³/mol. The minimum atomic E-state index is 0. The Balaban J connectivity index is 0.00000156. The highest BCUT2D eigenvalue weighted by Crippen LogP contribution is 2.26. The number of benzene rings is 1. The standard InChI is InChI=1S/C19H29N3O.2ClH/c20-18-10-4-8-16(18)12-19(23)21-17-9-5-11-22(14-17)13-15-6-2-1-3-7-15;;/h1-3,6-7,16-18H,4-5,8-14,20H2,(H,21,23);2*1H/t16-,17?,18+;;/m0../s1. The molecule has 1 unspecified atom stereocenters. The van der Waals surface area contributed by atoms with Crippen molar-refractivity contribution in [1.82, 2.24) is 10.2 Å². The van der Waals surface area contributed by atoms with E-state index in [1.165, 1.54) is 12.0 Å². The van der Waals surface area contributed by atoms with E-state index in [2.05, 4.69) is 40.5 Å². The number of piperidine rings is 1. The van der Waals surface area contributed by atoms with Gasteiger partial charge in [0, 0.05) is 31.6 Å². The first kappa shape index (κ1) is 22.2. The summed E-state index contributed by atoms with van der Waals surface area (Å²) in [6.45, 7) is 3.05. The number of nitrogens with two attached hydrogens (primary N) is 1. The minimum absolute atomic E-state index is 0. The molecule has 0 aromatic heterocycles. The molecule has 1 heterocycles. The molecule has 1 aromatic carbocycles. The van der Waals surface area contributed by atoms with Crippen LogP contribution in [-0.2, 0) is 11.3 Å². The molecule has 3 atom stereocenters. The van der Waals surface area contributed by atoms with Crippen LogP contribution in [0.1, 0.15) is 44.1 Å². The lowest BCUT2D eigenvalue weighted by molar-refractivity contribution is -0.123. The largest absolute Gasteiger partial charge is 0.352 e. The summed E-state index contributed by atoms with van der Waals surface area (Å²) in [7, 11) is 0. The number of halogens is 2. The van der Waals surface area contributed by atoms with Gasteiger partial charge in [0.2, 0.25) is 5.91 Å². The van der Waals surface area contributed by atoms with E-state index in [1.807, 2.05) is 0 Å². The van der Waals surface area contributed by atoms with Crippen LogP contribution in [0.2, 0.25) is 0 Å². The molecule has 142 valence electrons. The Labute approximate surface area is 163 Å². The quantitative estimate of drug-likeness (QED) is 0.815. The lowest BCUT2D eigenvalue weighted by Crippen LogP contribution is -2.48. The summed E-state index contributed by atoms with van der Waals surface area (Å²) in [6.07, 6.45) is 6.21. The second kappa shape index (κ2) is 11.0. The molecule has 0 bridgehead atoms. The first-order valence-electron chi connectivity index (χ1n) is 9.02. The molecular weight excluding hydrogens is 357 g/mol. The number of nitrogens with one attached hydrogen (secondary N) is 1. The SMILES string of the molecule is Cl.Cl.N[C@@H]1CCC[C@H]1CC(=O)NC1CCCN(Cc2ccccc2)C1. The van der Waals surface area contributed by atoms with Gasteiger partial charge in [0.1, 0.15) is 0 Å². The van der Waals surface area contributed by atoms with Crippen LogP contribution in [0.15, 0.2) is 30.3 Å². The number of amides is 1. The van der Waals surface area contributed by atoms with E-state index >= 15 is 0 Å². The Morgan fingerprint density at radius 1 is 1.12 bits per heavy atom. The first-order chi connectivity index (χ1) is 11.2. The Kier molecular flexibility index (Phi) is 9.80. The summed E-state index contributed by atoms with van der Waals surface area (Å²) < 4.78 is 0. The average Bonchev–Trinajstić information content (AvgIpc) is 2.93. The van der Waals surface area contributed by atoms with E-state index in [4.69, 9.17) is 5.73 Å². The normalized spacial score (nSPS) is 26.4. The van der Waals surface area contributed by atoms with E-state index < -0.39 is 0 Å². The van der Waals surface area contributed by atoms with Gasteiger partial charge >= 0.3 is 0 Å². The maximum absolute atomic E-state index is 12.3. The Morgan fingerprint density at radius 2 is 1.88 bits per heavy atom. The summed E-state index contributed by atoms with van der Waals surface area (Å²) in [5, 5.41) is 3.25. The highest BCUT2D eigenvalue weighted by molar-refractivity contribution is 5.85. The molecule has 1 aliphatic carbocycles. The zero-order valence-corrected chi connectivity index (χ0v) is 16.4. The highest BCUT2D eigenvalue weighted by atomic mass is 35.5. The molecular formula is C19H31Cl2N3O. The second-order valence-corrected chi connectivity index (χ2v) is 7.19. The molecule has 1 amide bonds. The van der Waals surface area contributed by atoms with Gasteiger partial charge in [0.05, 0.1) is 0 Å².